The molecule has 0 unspecified atom stereocenters. The second kappa shape index (κ2) is 8.48. The van der Waals surface area contributed by atoms with Crippen molar-refractivity contribution >= 4 is 16.8 Å². The van der Waals surface area contributed by atoms with Crippen molar-refractivity contribution in [3.05, 3.63) is 77.7 Å². The third-order valence-corrected chi connectivity index (χ3v) is 5.35. The van der Waals surface area contributed by atoms with Crippen LogP contribution in [0.15, 0.2) is 60.8 Å². The van der Waals surface area contributed by atoms with E-state index >= 15 is 0 Å². The average Bonchev–Trinajstić information content (AvgIpc) is 3.14. The summed E-state index contributed by atoms with van der Waals surface area (Å²) >= 11 is 0. The van der Waals surface area contributed by atoms with Crippen molar-refractivity contribution in [3.63, 3.8) is 0 Å². The second-order valence-corrected chi connectivity index (χ2v) is 7.25. The molecule has 0 aliphatic carbocycles. The van der Waals surface area contributed by atoms with Crippen molar-refractivity contribution in [2.24, 2.45) is 5.92 Å². The zero-order valence-corrected chi connectivity index (χ0v) is 15.6. The summed E-state index contributed by atoms with van der Waals surface area (Å²) in [5, 5.41) is 4.23. The molecule has 0 spiro atoms. The number of fused-ring (bicyclic) bond motifs is 1. The first-order valence-corrected chi connectivity index (χ1v) is 9.64. The van der Waals surface area contributed by atoms with Crippen LogP contribution in [0.25, 0.3) is 10.9 Å². The molecule has 1 aliphatic heterocycles. The largest absolute Gasteiger partial charge is 0.379 e. The fraction of sp³-hybridized carbons (Fsp3) is 0.304. The highest BCUT2D eigenvalue weighted by Crippen LogP contribution is 2.24. The van der Waals surface area contributed by atoms with Crippen molar-refractivity contribution in [2.45, 2.75) is 25.3 Å². The number of para-hydroxylation sites is 1. The maximum Gasteiger partial charge on any atom is 0.220 e. The van der Waals surface area contributed by atoms with Crippen LogP contribution in [0.5, 0.6) is 0 Å². The number of carbonyl (C=O) groups is 1. The van der Waals surface area contributed by atoms with Crippen LogP contribution in [0.4, 0.5) is 4.39 Å². The molecule has 1 aliphatic rings. The summed E-state index contributed by atoms with van der Waals surface area (Å²) in [4.78, 5) is 16.8. The molecule has 144 valence electrons. The summed E-state index contributed by atoms with van der Waals surface area (Å²) in [7, 11) is 0. The zero-order valence-electron chi connectivity index (χ0n) is 15.6. The summed E-state index contributed by atoms with van der Waals surface area (Å²) in [5.74, 6) is -0.117. The Labute approximate surface area is 163 Å². The number of rotatable bonds is 6. The molecule has 2 aromatic carbocycles. The van der Waals surface area contributed by atoms with Crippen molar-refractivity contribution in [1.82, 2.24) is 10.3 Å². The number of benzene rings is 2. The molecule has 28 heavy (non-hydrogen) atoms. The number of ether oxygens (including phenoxy) is 1. The Morgan fingerprint density at radius 3 is 2.79 bits per heavy atom. The van der Waals surface area contributed by atoms with Gasteiger partial charge in [0, 0.05) is 23.9 Å². The smallest absolute Gasteiger partial charge is 0.220 e. The molecule has 1 N–H and O–H groups in total. The van der Waals surface area contributed by atoms with E-state index in [2.05, 4.69) is 16.4 Å². The van der Waals surface area contributed by atoms with Gasteiger partial charge in [0.15, 0.2) is 0 Å². The van der Waals surface area contributed by atoms with Gasteiger partial charge in [-0.2, -0.15) is 0 Å². The Balaban J connectivity index is 1.38. The summed E-state index contributed by atoms with van der Waals surface area (Å²) in [6, 6.07) is 16.7. The number of halogens is 1. The highest BCUT2D eigenvalue weighted by molar-refractivity contribution is 5.82. The number of nitrogens with zero attached hydrogens (tertiary/aromatic N) is 1. The number of hydrogen-bond donors (Lipinski definition) is 1. The molecule has 0 radical (unpaired) electrons. The van der Waals surface area contributed by atoms with Gasteiger partial charge in [-0.15, -0.1) is 0 Å². The SMILES string of the molecule is O=C(CCc1ccccc1F)N[C@@H]1COC[C@H]1Cc1ccnc2ccccc12. The van der Waals surface area contributed by atoms with Gasteiger partial charge in [0.25, 0.3) is 0 Å². The third-order valence-electron chi connectivity index (χ3n) is 5.35. The summed E-state index contributed by atoms with van der Waals surface area (Å²) in [6.45, 7) is 1.13. The third kappa shape index (κ3) is 4.20. The highest BCUT2D eigenvalue weighted by Gasteiger charge is 2.30. The van der Waals surface area contributed by atoms with E-state index in [4.69, 9.17) is 4.74 Å². The molecule has 0 saturated carbocycles. The van der Waals surface area contributed by atoms with Crippen LogP contribution in [-0.4, -0.2) is 30.1 Å². The molecule has 4 rings (SSSR count). The maximum absolute atomic E-state index is 13.7. The minimum absolute atomic E-state index is 0.0277. The number of hydrogen-bond acceptors (Lipinski definition) is 3. The first kappa shape index (κ1) is 18.6. The van der Waals surface area contributed by atoms with Gasteiger partial charge in [-0.25, -0.2) is 4.39 Å². The monoisotopic (exact) mass is 378 g/mol. The number of aromatic nitrogens is 1. The summed E-state index contributed by atoms with van der Waals surface area (Å²) in [6.07, 6.45) is 3.31. The summed E-state index contributed by atoms with van der Waals surface area (Å²) < 4.78 is 19.4. The second-order valence-electron chi connectivity index (χ2n) is 7.25. The van der Waals surface area contributed by atoms with Crippen LogP contribution in [0, 0.1) is 11.7 Å². The van der Waals surface area contributed by atoms with Crippen LogP contribution < -0.4 is 5.32 Å². The van der Waals surface area contributed by atoms with Gasteiger partial charge in [-0.3, -0.25) is 9.78 Å². The Morgan fingerprint density at radius 1 is 1.07 bits per heavy atom. The van der Waals surface area contributed by atoms with Gasteiger partial charge in [0.1, 0.15) is 5.82 Å². The topological polar surface area (TPSA) is 51.2 Å². The lowest BCUT2D eigenvalue weighted by Crippen LogP contribution is -2.40. The molecule has 3 aromatic rings. The van der Waals surface area contributed by atoms with E-state index in [0.29, 0.717) is 25.2 Å². The van der Waals surface area contributed by atoms with E-state index in [1.807, 2.05) is 30.5 Å². The summed E-state index contributed by atoms with van der Waals surface area (Å²) in [5.41, 5.74) is 2.76. The first-order chi connectivity index (χ1) is 13.7. The van der Waals surface area contributed by atoms with E-state index in [-0.39, 0.29) is 30.1 Å². The van der Waals surface area contributed by atoms with Crippen molar-refractivity contribution in [2.75, 3.05) is 13.2 Å². The standard InChI is InChI=1S/C23H23FN2O2/c24-20-7-3-1-5-16(20)9-10-23(27)26-22-15-28-14-18(22)13-17-11-12-25-21-8-4-2-6-19(17)21/h1-8,11-12,18,22H,9-10,13-15H2,(H,26,27)/t18-,22-/m1/s1. The van der Waals surface area contributed by atoms with Crippen LogP contribution in [0.3, 0.4) is 0 Å². The highest BCUT2D eigenvalue weighted by atomic mass is 19.1. The van der Waals surface area contributed by atoms with Crippen LogP contribution in [-0.2, 0) is 22.4 Å². The lowest BCUT2D eigenvalue weighted by atomic mass is 9.93. The van der Waals surface area contributed by atoms with E-state index in [1.54, 1.807) is 18.2 Å². The van der Waals surface area contributed by atoms with Crippen molar-refractivity contribution in [1.29, 1.82) is 0 Å². The van der Waals surface area contributed by atoms with E-state index in [1.165, 1.54) is 11.6 Å². The number of aryl methyl sites for hydroxylation is 1. The first-order valence-electron chi connectivity index (χ1n) is 9.64. The van der Waals surface area contributed by atoms with Gasteiger partial charge >= 0.3 is 0 Å². The van der Waals surface area contributed by atoms with Crippen molar-refractivity contribution in [3.8, 4) is 0 Å². The average molecular weight is 378 g/mol. The Hall–Kier alpha value is -2.79. The molecule has 2 heterocycles. The fourth-order valence-electron chi connectivity index (χ4n) is 3.80. The maximum atomic E-state index is 13.7. The minimum atomic E-state index is -0.262. The molecule has 0 bridgehead atoms. The van der Waals surface area contributed by atoms with Gasteiger partial charge in [-0.05, 0) is 42.2 Å². The van der Waals surface area contributed by atoms with E-state index in [0.717, 1.165) is 17.3 Å². The minimum Gasteiger partial charge on any atom is -0.379 e. The van der Waals surface area contributed by atoms with E-state index < -0.39 is 0 Å². The van der Waals surface area contributed by atoms with Crippen LogP contribution in [0.2, 0.25) is 0 Å². The van der Waals surface area contributed by atoms with Crippen LogP contribution >= 0.6 is 0 Å². The van der Waals surface area contributed by atoms with Crippen molar-refractivity contribution < 1.29 is 13.9 Å². The predicted octanol–water partition coefficient (Wildman–Crippen LogP) is 3.68. The molecule has 4 nitrogen and oxygen atoms in total. The lowest BCUT2D eigenvalue weighted by molar-refractivity contribution is -0.122. The number of pyridine rings is 1. The van der Waals surface area contributed by atoms with Crippen LogP contribution in [0.1, 0.15) is 17.5 Å². The Kier molecular flexibility index (Phi) is 5.63. The molecule has 5 heteroatoms. The number of amides is 1. The predicted molar refractivity (Wildman–Crippen MR) is 106 cm³/mol. The van der Waals surface area contributed by atoms with Gasteiger partial charge in [0.05, 0.1) is 24.8 Å². The Bertz CT molecular complexity index is 970. The molecule has 2 atom stereocenters. The molecule has 1 fully saturated rings. The molecule has 1 amide bonds. The molecular weight excluding hydrogens is 355 g/mol. The molecular formula is C23H23FN2O2. The van der Waals surface area contributed by atoms with Gasteiger partial charge in [-0.1, -0.05) is 36.4 Å². The van der Waals surface area contributed by atoms with E-state index in [9.17, 15) is 9.18 Å². The molecule has 1 saturated heterocycles. The quantitative estimate of drug-likeness (QED) is 0.712. The number of nitrogens with one attached hydrogen (secondary N) is 1. The van der Waals surface area contributed by atoms with Gasteiger partial charge in [0.2, 0.25) is 5.91 Å². The molecule has 1 aromatic heterocycles. The zero-order chi connectivity index (χ0) is 19.3. The number of carbonyl (C=O) groups excluding carboxylic acids is 1. The Morgan fingerprint density at radius 2 is 1.89 bits per heavy atom. The van der Waals surface area contributed by atoms with Gasteiger partial charge < -0.3 is 10.1 Å². The lowest BCUT2D eigenvalue weighted by Gasteiger charge is -2.20. The normalized spacial score (nSPS) is 19.0. The fourth-order valence-corrected chi connectivity index (χ4v) is 3.80.